The van der Waals surface area contributed by atoms with Gasteiger partial charge in [0.15, 0.2) is 0 Å². The fourth-order valence-electron chi connectivity index (χ4n) is 0.780. The molecule has 0 aliphatic rings. The summed E-state index contributed by atoms with van der Waals surface area (Å²) >= 11 is 0. The van der Waals surface area contributed by atoms with Crippen LogP contribution in [0, 0.1) is 11.8 Å². The molecule has 0 aromatic carbocycles. The zero-order chi connectivity index (χ0) is 7.44. The summed E-state index contributed by atoms with van der Waals surface area (Å²) in [7, 11) is 0. The van der Waals surface area contributed by atoms with Crippen molar-refractivity contribution in [3.05, 3.63) is 0 Å². The molecule has 0 aromatic rings. The lowest BCUT2D eigenvalue weighted by Crippen LogP contribution is -2.18. The Labute approximate surface area is 58.6 Å². The molecule has 1 heteroatoms. The van der Waals surface area contributed by atoms with Crippen molar-refractivity contribution < 1.29 is 0 Å². The van der Waals surface area contributed by atoms with Gasteiger partial charge in [-0.2, -0.15) is 0 Å². The topological polar surface area (TPSA) is 23.8 Å². The molecule has 1 atom stereocenters. The minimum atomic E-state index is 0.144. The highest BCUT2D eigenvalue weighted by molar-refractivity contribution is 4.65. The Morgan fingerprint density at radius 3 is 1.67 bits per heavy atom. The van der Waals surface area contributed by atoms with Crippen LogP contribution in [0.2, 0.25) is 0 Å². The Kier molecular flexibility index (Phi) is 3.87. The molecule has 0 aliphatic carbocycles. The molecule has 1 unspecified atom stereocenters. The molecular formula is C8H18N. The van der Waals surface area contributed by atoms with E-state index in [2.05, 4.69) is 27.7 Å². The van der Waals surface area contributed by atoms with Gasteiger partial charge in [-0.3, -0.25) is 5.73 Å². The summed E-state index contributed by atoms with van der Waals surface area (Å²) in [5.74, 6) is 1.20. The van der Waals surface area contributed by atoms with Gasteiger partial charge in [0.2, 0.25) is 0 Å². The first-order chi connectivity index (χ1) is 4.04. The summed E-state index contributed by atoms with van der Waals surface area (Å²) in [4.78, 5) is 0. The van der Waals surface area contributed by atoms with Gasteiger partial charge in [-0.1, -0.05) is 27.7 Å². The average Bonchev–Trinajstić information content (AvgIpc) is 1.63. The Bertz CT molecular complexity index is 67.0. The van der Waals surface area contributed by atoms with Crippen molar-refractivity contribution in [3.63, 3.8) is 0 Å². The molecule has 1 N–H and O–H groups in total. The second-order valence-corrected chi connectivity index (χ2v) is 3.48. The molecule has 0 bridgehead atoms. The monoisotopic (exact) mass is 128 g/mol. The van der Waals surface area contributed by atoms with Crippen molar-refractivity contribution in [3.8, 4) is 0 Å². The van der Waals surface area contributed by atoms with Crippen LogP contribution in [0.25, 0.3) is 0 Å². The largest absolute Gasteiger partial charge is 0.254 e. The van der Waals surface area contributed by atoms with Gasteiger partial charge in [0, 0.05) is 6.04 Å². The minimum Gasteiger partial charge on any atom is -0.254 e. The van der Waals surface area contributed by atoms with Gasteiger partial charge >= 0.3 is 0 Å². The van der Waals surface area contributed by atoms with Gasteiger partial charge in [0.05, 0.1) is 0 Å². The van der Waals surface area contributed by atoms with Crippen LogP contribution in [-0.2, 0) is 0 Å². The first-order valence-corrected chi connectivity index (χ1v) is 3.75. The van der Waals surface area contributed by atoms with Crippen molar-refractivity contribution in [2.24, 2.45) is 11.8 Å². The normalized spacial score (nSPS) is 15.0. The third-order valence-corrected chi connectivity index (χ3v) is 1.53. The molecule has 1 radical (unpaired) electrons. The summed E-state index contributed by atoms with van der Waals surface area (Å²) < 4.78 is 0. The molecule has 0 aliphatic heterocycles. The van der Waals surface area contributed by atoms with Crippen LogP contribution in [0.5, 0.6) is 0 Å². The molecule has 9 heavy (non-hydrogen) atoms. The van der Waals surface area contributed by atoms with Crippen LogP contribution in [0.4, 0.5) is 0 Å². The predicted molar refractivity (Wildman–Crippen MR) is 41.2 cm³/mol. The molecule has 0 heterocycles. The van der Waals surface area contributed by atoms with E-state index < -0.39 is 0 Å². The number of rotatable bonds is 3. The summed E-state index contributed by atoms with van der Waals surface area (Å²) in [5, 5.41) is 0. The lowest BCUT2D eigenvalue weighted by atomic mass is 9.96. The molecule has 0 fully saturated rings. The predicted octanol–water partition coefficient (Wildman–Crippen LogP) is 2.34. The van der Waals surface area contributed by atoms with Gasteiger partial charge in [-0.05, 0) is 18.3 Å². The van der Waals surface area contributed by atoms with Crippen LogP contribution in [0.15, 0.2) is 0 Å². The summed E-state index contributed by atoms with van der Waals surface area (Å²) in [6, 6.07) is 0.144. The second kappa shape index (κ2) is 3.89. The van der Waals surface area contributed by atoms with E-state index in [-0.39, 0.29) is 6.04 Å². The van der Waals surface area contributed by atoms with Crippen LogP contribution < -0.4 is 5.73 Å². The quantitative estimate of drug-likeness (QED) is 0.557. The first kappa shape index (κ1) is 8.96. The number of hydrogen-bond acceptors (Lipinski definition) is 0. The van der Waals surface area contributed by atoms with Gasteiger partial charge in [-0.25, -0.2) is 0 Å². The zero-order valence-electron chi connectivity index (χ0n) is 6.94. The van der Waals surface area contributed by atoms with Gasteiger partial charge in [0.25, 0.3) is 0 Å². The molecule has 0 aromatic heterocycles. The summed E-state index contributed by atoms with van der Waals surface area (Å²) in [5.41, 5.74) is 7.56. The maximum absolute atomic E-state index is 7.56. The van der Waals surface area contributed by atoms with Gasteiger partial charge in [-0.15, -0.1) is 0 Å². The van der Waals surface area contributed by atoms with E-state index in [1.165, 1.54) is 0 Å². The summed E-state index contributed by atoms with van der Waals surface area (Å²) in [6.07, 6.45) is 1.04. The van der Waals surface area contributed by atoms with E-state index >= 15 is 0 Å². The highest BCUT2D eigenvalue weighted by atomic mass is 14.6. The van der Waals surface area contributed by atoms with Crippen molar-refractivity contribution in [2.45, 2.75) is 40.2 Å². The Morgan fingerprint density at radius 2 is 1.56 bits per heavy atom. The van der Waals surface area contributed by atoms with Crippen LogP contribution in [0.1, 0.15) is 34.1 Å². The lowest BCUT2D eigenvalue weighted by molar-refractivity contribution is 0.397. The van der Waals surface area contributed by atoms with E-state index in [1.807, 2.05) is 0 Å². The molecule has 0 amide bonds. The maximum atomic E-state index is 7.56. The molecule has 0 rings (SSSR count). The second-order valence-electron chi connectivity index (χ2n) is 3.48. The van der Waals surface area contributed by atoms with E-state index in [0.29, 0.717) is 11.8 Å². The maximum Gasteiger partial charge on any atom is 0.0238 e. The molecule has 55 valence electrons. The molecule has 0 spiro atoms. The Morgan fingerprint density at radius 1 is 1.11 bits per heavy atom. The van der Waals surface area contributed by atoms with E-state index in [0.717, 1.165) is 6.42 Å². The fraction of sp³-hybridized carbons (Fsp3) is 1.00. The minimum absolute atomic E-state index is 0.144. The highest BCUT2D eigenvalue weighted by Crippen LogP contribution is 2.10. The third kappa shape index (κ3) is 4.46. The number of nitrogens with one attached hydrogen (secondary N) is 1. The Balaban J connectivity index is 3.38. The SMILES string of the molecule is CC(C)CC([NH])C(C)C. The molecular weight excluding hydrogens is 110 g/mol. The van der Waals surface area contributed by atoms with Crippen LogP contribution >= 0.6 is 0 Å². The average molecular weight is 128 g/mol. The van der Waals surface area contributed by atoms with E-state index in [1.54, 1.807) is 0 Å². The van der Waals surface area contributed by atoms with Crippen molar-refractivity contribution in [1.29, 1.82) is 0 Å². The Hall–Kier alpha value is -0.0400. The third-order valence-electron chi connectivity index (χ3n) is 1.53. The fourth-order valence-corrected chi connectivity index (χ4v) is 0.780. The first-order valence-electron chi connectivity index (χ1n) is 3.75. The molecule has 1 nitrogen and oxygen atoms in total. The van der Waals surface area contributed by atoms with Gasteiger partial charge < -0.3 is 0 Å². The van der Waals surface area contributed by atoms with Gasteiger partial charge in [0.1, 0.15) is 0 Å². The standard InChI is InChI=1S/C8H18N/c1-6(2)5-8(9)7(3)4/h6-9H,5H2,1-4H3. The molecule has 0 saturated heterocycles. The highest BCUT2D eigenvalue weighted by Gasteiger charge is 2.09. The zero-order valence-corrected chi connectivity index (χ0v) is 6.94. The van der Waals surface area contributed by atoms with E-state index in [4.69, 9.17) is 5.73 Å². The molecule has 0 saturated carbocycles. The lowest BCUT2D eigenvalue weighted by Gasteiger charge is -2.15. The van der Waals surface area contributed by atoms with Crippen molar-refractivity contribution >= 4 is 0 Å². The van der Waals surface area contributed by atoms with Crippen molar-refractivity contribution in [2.75, 3.05) is 0 Å². The number of hydrogen-bond donors (Lipinski definition) is 0. The van der Waals surface area contributed by atoms with Crippen LogP contribution in [0.3, 0.4) is 0 Å². The van der Waals surface area contributed by atoms with Crippen LogP contribution in [-0.4, -0.2) is 6.04 Å². The van der Waals surface area contributed by atoms with E-state index in [9.17, 15) is 0 Å². The summed E-state index contributed by atoms with van der Waals surface area (Å²) in [6.45, 7) is 8.56. The van der Waals surface area contributed by atoms with Crippen molar-refractivity contribution in [1.82, 2.24) is 5.73 Å². The smallest absolute Gasteiger partial charge is 0.0238 e.